The molecule has 0 radical (unpaired) electrons. The third-order valence-electron chi connectivity index (χ3n) is 2.10. The standard InChI is InChI=1S/C9H19NO3Si/c1-12-9(11)10-7-5-6-8(10)13-14(2,3)4/h8H,5-7H2,1-4H3. The molecule has 0 aromatic rings. The second-order valence-electron chi connectivity index (χ2n) is 4.49. The molecule has 0 aromatic carbocycles. The molecule has 0 bridgehead atoms. The van der Waals surface area contributed by atoms with E-state index in [-0.39, 0.29) is 12.3 Å². The van der Waals surface area contributed by atoms with E-state index in [9.17, 15) is 4.79 Å². The summed E-state index contributed by atoms with van der Waals surface area (Å²) < 4.78 is 10.6. The van der Waals surface area contributed by atoms with Crippen molar-refractivity contribution in [1.29, 1.82) is 0 Å². The molecule has 0 spiro atoms. The summed E-state index contributed by atoms with van der Waals surface area (Å²) in [6.45, 7) is 7.13. The van der Waals surface area contributed by atoms with Crippen molar-refractivity contribution in [2.45, 2.75) is 38.7 Å². The molecule has 4 nitrogen and oxygen atoms in total. The van der Waals surface area contributed by atoms with E-state index < -0.39 is 8.32 Å². The van der Waals surface area contributed by atoms with Gasteiger partial charge >= 0.3 is 6.09 Å². The number of rotatable bonds is 2. The minimum atomic E-state index is -1.57. The number of carbonyl (C=O) groups excluding carboxylic acids is 1. The van der Waals surface area contributed by atoms with Crippen LogP contribution in [0.3, 0.4) is 0 Å². The maximum absolute atomic E-state index is 11.3. The number of hydrogen-bond acceptors (Lipinski definition) is 3. The van der Waals surface area contributed by atoms with Crippen LogP contribution in [0.1, 0.15) is 12.8 Å². The van der Waals surface area contributed by atoms with E-state index in [1.807, 2.05) is 0 Å². The Labute approximate surface area is 86.3 Å². The molecule has 1 heterocycles. The highest BCUT2D eigenvalue weighted by Crippen LogP contribution is 2.22. The van der Waals surface area contributed by atoms with Crippen molar-refractivity contribution in [3.63, 3.8) is 0 Å². The zero-order chi connectivity index (χ0) is 10.8. The molecule has 1 amide bonds. The first-order valence-electron chi connectivity index (χ1n) is 4.96. The lowest BCUT2D eigenvalue weighted by molar-refractivity contribution is 0.0443. The summed E-state index contributed by atoms with van der Waals surface area (Å²) in [6.07, 6.45) is 1.60. The van der Waals surface area contributed by atoms with Crippen molar-refractivity contribution in [3.8, 4) is 0 Å². The molecular formula is C9H19NO3Si. The fourth-order valence-electron chi connectivity index (χ4n) is 1.59. The summed E-state index contributed by atoms with van der Waals surface area (Å²) in [7, 11) is -0.163. The van der Waals surface area contributed by atoms with Gasteiger partial charge in [0.2, 0.25) is 0 Å². The molecule has 0 N–H and O–H groups in total. The van der Waals surface area contributed by atoms with Crippen molar-refractivity contribution in [3.05, 3.63) is 0 Å². The first-order valence-corrected chi connectivity index (χ1v) is 8.37. The van der Waals surface area contributed by atoms with Gasteiger partial charge in [-0.05, 0) is 32.5 Å². The van der Waals surface area contributed by atoms with Crippen LogP contribution in [0.5, 0.6) is 0 Å². The van der Waals surface area contributed by atoms with E-state index in [2.05, 4.69) is 19.6 Å². The number of likely N-dealkylation sites (tertiary alicyclic amines) is 1. The fraction of sp³-hybridized carbons (Fsp3) is 0.889. The van der Waals surface area contributed by atoms with Gasteiger partial charge < -0.3 is 9.16 Å². The van der Waals surface area contributed by atoms with Crippen molar-refractivity contribution in [1.82, 2.24) is 4.90 Å². The highest BCUT2D eigenvalue weighted by atomic mass is 28.4. The summed E-state index contributed by atoms with van der Waals surface area (Å²) in [5.41, 5.74) is 0. The Morgan fingerprint density at radius 3 is 2.57 bits per heavy atom. The van der Waals surface area contributed by atoms with Crippen LogP contribution in [0.4, 0.5) is 4.79 Å². The van der Waals surface area contributed by atoms with Gasteiger partial charge in [0.1, 0.15) is 6.23 Å². The molecular weight excluding hydrogens is 198 g/mol. The maximum atomic E-state index is 11.3. The number of methoxy groups -OCH3 is 1. The zero-order valence-electron chi connectivity index (χ0n) is 9.37. The topological polar surface area (TPSA) is 38.8 Å². The van der Waals surface area contributed by atoms with Crippen molar-refractivity contribution in [2.24, 2.45) is 0 Å². The summed E-state index contributed by atoms with van der Waals surface area (Å²) >= 11 is 0. The number of hydrogen-bond donors (Lipinski definition) is 0. The highest BCUT2D eigenvalue weighted by molar-refractivity contribution is 6.69. The van der Waals surface area contributed by atoms with Crippen molar-refractivity contribution >= 4 is 14.4 Å². The monoisotopic (exact) mass is 217 g/mol. The molecule has 1 atom stereocenters. The molecule has 0 aliphatic carbocycles. The average Bonchev–Trinajstić information content (AvgIpc) is 2.48. The Balaban J connectivity index is 2.56. The Morgan fingerprint density at radius 1 is 1.43 bits per heavy atom. The molecule has 1 aliphatic rings. The second kappa shape index (κ2) is 4.31. The molecule has 0 aromatic heterocycles. The van der Waals surface area contributed by atoms with Gasteiger partial charge in [0.15, 0.2) is 8.32 Å². The Hall–Kier alpha value is -0.553. The molecule has 0 saturated carbocycles. The predicted octanol–water partition coefficient (Wildman–Crippen LogP) is 2.03. The van der Waals surface area contributed by atoms with E-state index in [4.69, 9.17) is 9.16 Å². The number of nitrogens with zero attached hydrogens (tertiary/aromatic N) is 1. The van der Waals surface area contributed by atoms with Crippen molar-refractivity contribution in [2.75, 3.05) is 13.7 Å². The maximum Gasteiger partial charge on any atom is 0.411 e. The summed E-state index contributed by atoms with van der Waals surface area (Å²) in [5, 5.41) is 0. The average molecular weight is 217 g/mol. The van der Waals surface area contributed by atoms with Gasteiger partial charge in [-0.1, -0.05) is 0 Å². The summed E-state index contributed by atoms with van der Waals surface area (Å²) in [6, 6.07) is 0. The van der Waals surface area contributed by atoms with Gasteiger partial charge in [0, 0.05) is 6.54 Å². The Kier molecular flexibility index (Phi) is 3.55. The largest absolute Gasteiger partial charge is 0.453 e. The zero-order valence-corrected chi connectivity index (χ0v) is 10.4. The lowest BCUT2D eigenvalue weighted by Crippen LogP contribution is -2.42. The Bertz CT molecular complexity index is 215. The van der Waals surface area contributed by atoms with Crippen LogP contribution < -0.4 is 0 Å². The summed E-state index contributed by atoms with van der Waals surface area (Å²) in [4.78, 5) is 13.0. The number of carbonyl (C=O) groups is 1. The van der Waals surface area contributed by atoms with Crippen molar-refractivity contribution < 1.29 is 14.0 Å². The van der Waals surface area contributed by atoms with E-state index >= 15 is 0 Å². The van der Waals surface area contributed by atoms with E-state index in [0.29, 0.717) is 0 Å². The molecule has 1 fully saturated rings. The summed E-state index contributed by atoms with van der Waals surface area (Å²) in [5.74, 6) is 0. The van der Waals surface area contributed by atoms with Gasteiger partial charge in [-0.25, -0.2) is 4.79 Å². The van der Waals surface area contributed by atoms with Crippen LogP contribution in [-0.2, 0) is 9.16 Å². The molecule has 5 heteroatoms. The van der Waals surface area contributed by atoms with Gasteiger partial charge in [-0.3, -0.25) is 4.90 Å². The van der Waals surface area contributed by atoms with Crippen LogP contribution in [0.25, 0.3) is 0 Å². The number of amides is 1. The van der Waals surface area contributed by atoms with Gasteiger partial charge in [-0.15, -0.1) is 0 Å². The lowest BCUT2D eigenvalue weighted by Gasteiger charge is -2.29. The van der Waals surface area contributed by atoms with Crippen LogP contribution in [0.15, 0.2) is 0 Å². The minimum Gasteiger partial charge on any atom is -0.453 e. The third kappa shape index (κ3) is 2.99. The molecule has 1 rings (SSSR count). The molecule has 1 saturated heterocycles. The minimum absolute atomic E-state index is 0.0610. The smallest absolute Gasteiger partial charge is 0.411 e. The second-order valence-corrected chi connectivity index (χ2v) is 8.95. The predicted molar refractivity (Wildman–Crippen MR) is 56.6 cm³/mol. The van der Waals surface area contributed by atoms with E-state index in [1.165, 1.54) is 7.11 Å². The fourth-order valence-corrected chi connectivity index (χ4v) is 2.65. The Morgan fingerprint density at radius 2 is 2.07 bits per heavy atom. The first kappa shape index (κ1) is 11.5. The SMILES string of the molecule is COC(=O)N1CCCC1O[Si](C)(C)C. The first-order chi connectivity index (χ1) is 6.44. The quantitative estimate of drug-likeness (QED) is 0.664. The van der Waals surface area contributed by atoms with Gasteiger partial charge in [0.25, 0.3) is 0 Å². The van der Waals surface area contributed by atoms with Gasteiger partial charge in [-0.2, -0.15) is 0 Å². The van der Waals surface area contributed by atoms with E-state index in [0.717, 1.165) is 19.4 Å². The van der Waals surface area contributed by atoms with E-state index in [1.54, 1.807) is 4.90 Å². The van der Waals surface area contributed by atoms with Gasteiger partial charge in [0.05, 0.1) is 7.11 Å². The van der Waals surface area contributed by atoms with Crippen LogP contribution >= 0.6 is 0 Å². The molecule has 14 heavy (non-hydrogen) atoms. The highest BCUT2D eigenvalue weighted by Gasteiger charge is 2.33. The third-order valence-corrected chi connectivity index (χ3v) is 3.08. The lowest BCUT2D eigenvalue weighted by atomic mass is 10.4. The molecule has 82 valence electrons. The number of ether oxygens (including phenoxy) is 1. The van der Waals surface area contributed by atoms with Crippen LogP contribution in [0.2, 0.25) is 19.6 Å². The van der Waals surface area contributed by atoms with Crippen LogP contribution in [0, 0.1) is 0 Å². The molecule has 1 unspecified atom stereocenters. The normalized spacial score (nSPS) is 22.6. The molecule has 1 aliphatic heterocycles. The van der Waals surface area contributed by atoms with Crippen LogP contribution in [-0.4, -0.2) is 39.2 Å².